The lowest BCUT2D eigenvalue weighted by Gasteiger charge is -2.26. The number of halogens is 1. The number of thiazole rings is 1. The van der Waals surface area contributed by atoms with Gasteiger partial charge in [0, 0.05) is 18.1 Å². The Morgan fingerprint density at radius 3 is 2.64 bits per heavy atom. The van der Waals surface area contributed by atoms with Crippen molar-refractivity contribution < 1.29 is 28.5 Å². The molecule has 1 saturated heterocycles. The van der Waals surface area contributed by atoms with E-state index in [2.05, 4.69) is 4.99 Å². The third kappa shape index (κ3) is 5.99. The van der Waals surface area contributed by atoms with Gasteiger partial charge in [0.15, 0.2) is 22.9 Å². The summed E-state index contributed by atoms with van der Waals surface area (Å²) in [4.78, 5) is 46.1. The number of carbonyl (C=O) groups excluding carboxylic acids is 2. The topological polar surface area (TPSA) is 109 Å². The van der Waals surface area contributed by atoms with Crippen LogP contribution in [-0.4, -0.2) is 68.0 Å². The fourth-order valence-corrected chi connectivity index (χ4v) is 6.16. The van der Waals surface area contributed by atoms with Crippen LogP contribution in [-0.2, 0) is 19.1 Å². The van der Waals surface area contributed by atoms with E-state index in [9.17, 15) is 14.4 Å². The van der Waals surface area contributed by atoms with Gasteiger partial charge in [-0.3, -0.25) is 14.2 Å². The van der Waals surface area contributed by atoms with Gasteiger partial charge in [0.1, 0.15) is 6.04 Å². The minimum Gasteiger partial charge on any atom is -0.493 e. The standard InChI is InChI=1S/C30H30ClN3O7S/c1-4-40-29(37)26-18(2)32-30-34(27(26)20-7-5-6-8-21(20)31)28(36)24(42-30)16-19-9-10-22(23(15-19)38-3)41-17-25(35)33-11-13-39-14-12-33/h5-10,15-16,27H,4,11-14,17H2,1-3H3/b24-16+/t27-/m1/s1. The Morgan fingerprint density at radius 1 is 1.17 bits per heavy atom. The fraction of sp³-hybridized carbons (Fsp3) is 0.333. The molecule has 2 aliphatic rings. The van der Waals surface area contributed by atoms with E-state index >= 15 is 0 Å². The Morgan fingerprint density at radius 2 is 1.93 bits per heavy atom. The lowest BCUT2D eigenvalue weighted by Crippen LogP contribution is -2.43. The first-order valence-corrected chi connectivity index (χ1v) is 14.6. The van der Waals surface area contributed by atoms with Crippen molar-refractivity contribution in [2.45, 2.75) is 19.9 Å². The molecule has 1 atom stereocenters. The molecule has 0 radical (unpaired) electrons. The molecule has 42 heavy (non-hydrogen) atoms. The number of rotatable bonds is 8. The summed E-state index contributed by atoms with van der Waals surface area (Å²) in [7, 11) is 1.51. The summed E-state index contributed by atoms with van der Waals surface area (Å²) in [6.07, 6.45) is 1.72. The van der Waals surface area contributed by atoms with Crippen LogP contribution in [0.2, 0.25) is 5.02 Å². The maximum atomic E-state index is 13.9. The molecule has 0 unspecified atom stereocenters. The molecular formula is C30H30ClN3O7S. The number of carbonyl (C=O) groups is 2. The van der Waals surface area contributed by atoms with Gasteiger partial charge in [-0.05, 0) is 49.2 Å². The summed E-state index contributed by atoms with van der Waals surface area (Å²) >= 11 is 7.77. The largest absolute Gasteiger partial charge is 0.493 e. The minimum atomic E-state index is -0.800. The number of nitrogens with zero attached hydrogens (tertiary/aromatic N) is 3. The zero-order valence-electron chi connectivity index (χ0n) is 23.4. The molecule has 3 heterocycles. The summed E-state index contributed by atoms with van der Waals surface area (Å²) in [5, 5.41) is 0.418. The van der Waals surface area contributed by atoms with Gasteiger partial charge >= 0.3 is 5.97 Å². The molecule has 3 aromatic rings. The lowest BCUT2D eigenvalue weighted by molar-refractivity contribution is -0.139. The van der Waals surface area contributed by atoms with Gasteiger partial charge in [0.05, 0.1) is 42.7 Å². The molecular weight excluding hydrogens is 582 g/mol. The van der Waals surface area contributed by atoms with Gasteiger partial charge in [0.25, 0.3) is 11.5 Å². The summed E-state index contributed by atoms with van der Waals surface area (Å²) in [5.74, 6) is 0.147. The smallest absolute Gasteiger partial charge is 0.338 e. The third-order valence-corrected chi connectivity index (χ3v) is 8.24. The highest BCUT2D eigenvalue weighted by molar-refractivity contribution is 7.07. The Labute approximate surface area is 251 Å². The molecule has 220 valence electrons. The number of amides is 1. The number of aromatic nitrogens is 1. The predicted molar refractivity (Wildman–Crippen MR) is 158 cm³/mol. The molecule has 5 rings (SSSR count). The average Bonchev–Trinajstić information content (AvgIpc) is 3.30. The van der Waals surface area contributed by atoms with Crippen molar-refractivity contribution in [2.24, 2.45) is 4.99 Å². The first kappa shape index (κ1) is 29.6. The van der Waals surface area contributed by atoms with Gasteiger partial charge in [-0.2, -0.15) is 0 Å². The van der Waals surface area contributed by atoms with Crippen molar-refractivity contribution in [3.05, 3.63) is 89.6 Å². The normalized spacial score (nSPS) is 17.0. The maximum Gasteiger partial charge on any atom is 0.338 e. The van der Waals surface area contributed by atoms with E-state index in [0.717, 1.165) is 0 Å². The molecule has 1 amide bonds. The molecule has 2 aromatic carbocycles. The summed E-state index contributed by atoms with van der Waals surface area (Å²) in [6.45, 7) is 5.59. The highest BCUT2D eigenvalue weighted by atomic mass is 35.5. The van der Waals surface area contributed by atoms with Crippen molar-refractivity contribution in [1.29, 1.82) is 0 Å². The van der Waals surface area contributed by atoms with Crippen LogP contribution in [0.1, 0.15) is 31.0 Å². The third-order valence-electron chi connectivity index (χ3n) is 6.92. The molecule has 1 fully saturated rings. The van der Waals surface area contributed by atoms with Crippen molar-refractivity contribution in [1.82, 2.24) is 9.47 Å². The minimum absolute atomic E-state index is 0.126. The highest BCUT2D eigenvalue weighted by Gasteiger charge is 2.34. The molecule has 0 aliphatic carbocycles. The van der Waals surface area contributed by atoms with E-state index in [0.29, 0.717) is 69.0 Å². The van der Waals surface area contributed by atoms with Gasteiger partial charge in [-0.15, -0.1) is 0 Å². The number of morpholine rings is 1. The van der Waals surface area contributed by atoms with Crippen LogP contribution in [0.25, 0.3) is 6.08 Å². The molecule has 10 nitrogen and oxygen atoms in total. The number of benzene rings is 2. The number of ether oxygens (including phenoxy) is 4. The SMILES string of the molecule is CCOC(=O)C1=C(C)N=c2s/c(=C/c3ccc(OCC(=O)N4CCOCC4)c(OC)c3)c(=O)n2[C@@H]1c1ccccc1Cl. The molecule has 0 bridgehead atoms. The van der Waals surface area contributed by atoms with Crippen LogP contribution in [0.5, 0.6) is 11.5 Å². The monoisotopic (exact) mass is 611 g/mol. The van der Waals surface area contributed by atoms with Crippen molar-refractivity contribution >= 4 is 40.9 Å². The van der Waals surface area contributed by atoms with Crippen molar-refractivity contribution in [2.75, 3.05) is 46.6 Å². The maximum absolute atomic E-state index is 13.9. The molecule has 12 heteroatoms. The van der Waals surface area contributed by atoms with E-state index in [1.165, 1.54) is 23.0 Å². The lowest BCUT2D eigenvalue weighted by atomic mass is 9.96. The Balaban J connectivity index is 1.50. The van der Waals surface area contributed by atoms with Crippen LogP contribution < -0.4 is 24.4 Å². The zero-order valence-corrected chi connectivity index (χ0v) is 25.0. The Kier molecular flexibility index (Phi) is 9.10. The number of fused-ring (bicyclic) bond motifs is 1. The number of methoxy groups -OCH3 is 1. The Hall–Kier alpha value is -3.93. The van der Waals surface area contributed by atoms with Gasteiger partial charge < -0.3 is 23.8 Å². The predicted octanol–water partition coefficient (Wildman–Crippen LogP) is 2.70. The van der Waals surface area contributed by atoms with E-state index in [1.54, 1.807) is 67.3 Å². The summed E-state index contributed by atoms with van der Waals surface area (Å²) in [5.41, 5.74) is 1.67. The van der Waals surface area contributed by atoms with Gasteiger partial charge in [-0.25, -0.2) is 9.79 Å². The van der Waals surface area contributed by atoms with E-state index in [4.69, 9.17) is 30.5 Å². The molecule has 0 saturated carbocycles. The van der Waals surface area contributed by atoms with E-state index < -0.39 is 12.0 Å². The van der Waals surface area contributed by atoms with Crippen molar-refractivity contribution in [3.63, 3.8) is 0 Å². The van der Waals surface area contributed by atoms with E-state index in [1.807, 2.05) is 0 Å². The van der Waals surface area contributed by atoms with Crippen LogP contribution in [0.4, 0.5) is 0 Å². The summed E-state index contributed by atoms with van der Waals surface area (Å²) in [6, 6.07) is 11.5. The first-order chi connectivity index (χ1) is 20.3. The zero-order chi connectivity index (χ0) is 29.8. The van der Waals surface area contributed by atoms with Gasteiger partial charge in [0.2, 0.25) is 0 Å². The van der Waals surface area contributed by atoms with Crippen LogP contribution in [0.15, 0.2) is 63.5 Å². The molecule has 1 aromatic heterocycles. The summed E-state index contributed by atoms with van der Waals surface area (Å²) < 4.78 is 23.8. The number of esters is 1. The van der Waals surface area contributed by atoms with Crippen molar-refractivity contribution in [3.8, 4) is 11.5 Å². The second-order valence-corrected chi connectivity index (χ2v) is 10.9. The second-order valence-electron chi connectivity index (χ2n) is 9.52. The fourth-order valence-electron chi connectivity index (χ4n) is 4.87. The van der Waals surface area contributed by atoms with Crippen LogP contribution >= 0.6 is 22.9 Å². The average molecular weight is 612 g/mol. The Bertz CT molecular complexity index is 1720. The van der Waals surface area contributed by atoms with Crippen LogP contribution in [0, 0.1) is 0 Å². The van der Waals surface area contributed by atoms with Gasteiger partial charge in [-0.1, -0.05) is 47.2 Å². The number of hydrogen-bond acceptors (Lipinski definition) is 9. The molecule has 0 N–H and O–H groups in total. The number of hydrogen-bond donors (Lipinski definition) is 0. The second kappa shape index (κ2) is 12.9. The van der Waals surface area contributed by atoms with E-state index in [-0.39, 0.29) is 30.3 Å². The van der Waals surface area contributed by atoms with Crippen LogP contribution in [0.3, 0.4) is 0 Å². The molecule has 0 spiro atoms. The molecule has 2 aliphatic heterocycles. The highest BCUT2D eigenvalue weighted by Crippen LogP contribution is 2.34. The number of allylic oxidation sites excluding steroid dienone is 1. The quantitative estimate of drug-likeness (QED) is 0.360. The first-order valence-electron chi connectivity index (χ1n) is 13.4.